The van der Waals surface area contributed by atoms with Crippen LogP contribution in [0.25, 0.3) is 0 Å². The van der Waals surface area contributed by atoms with E-state index in [9.17, 15) is 18.1 Å². The van der Waals surface area contributed by atoms with Gasteiger partial charge in [0.1, 0.15) is 6.54 Å². The number of amides is 1. The molecule has 142 valence electrons. The van der Waals surface area contributed by atoms with Crippen molar-refractivity contribution in [2.45, 2.75) is 4.90 Å². The monoisotopic (exact) mass is 452 g/mol. The third-order valence-electron chi connectivity index (χ3n) is 3.54. The molecule has 0 spiro atoms. The lowest BCUT2D eigenvalue weighted by atomic mass is 10.1. The van der Waals surface area contributed by atoms with Crippen molar-refractivity contribution in [3.05, 3.63) is 69.0 Å². The molecule has 0 aromatic heterocycles. The summed E-state index contributed by atoms with van der Waals surface area (Å²) in [6, 6.07) is 12.6. The van der Waals surface area contributed by atoms with E-state index >= 15 is 0 Å². The summed E-state index contributed by atoms with van der Waals surface area (Å²) < 4.78 is 26.2. The zero-order valence-electron chi connectivity index (χ0n) is 14.6. The Morgan fingerprint density at radius 1 is 1.11 bits per heavy atom. The number of hydrogen-bond donors (Lipinski definition) is 1. The van der Waals surface area contributed by atoms with E-state index in [1.807, 2.05) is 6.07 Å². The van der Waals surface area contributed by atoms with Crippen LogP contribution in [0.2, 0.25) is 0 Å². The molecule has 0 unspecified atom stereocenters. The molecule has 2 aromatic carbocycles. The number of carbonyl (C=O) groups is 1. The van der Waals surface area contributed by atoms with Crippen LogP contribution in [0.1, 0.15) is 15.9 Å². The van der Waals surface area contributed by atoms with Gasteiger partial charge in [0.25, 0.3) is 5.91 Å². The molecule has 0 aliphatic carbocycles. The zero-order valence-corrected chi connectivity index (χ0v) is 17.0. The molecule has 0 bridgehead atoms. The predicted molar refractivity (Wildman–Crippen MR) is 106 cm³/mol. The third kappa shape index (κ3) is 5.28. The second kappa shape index (κ2) is 8.98. The minimum Gasteiger partial charge on any atom is -0.267 e. The van der Waals surface area contributed by atoms with Gasteiger partial charge in [0.2, 0.25) is 10.0 Å². The number of rotatable bonds is 7. The van der Waals surface area contributed by atoms with E-state index in [1.165, 1.54) is 38.4 Å². The van der Waals surface area contributed by atoms with Gasteiger partial charge in [0.15, 0.2) is 0 Å². The Kier molecular flexibility index (Phi) is 6.94. The van der Waals surface area contributed by atoms with Crippen molar-refractivity contribution in [3.63, 3.8) is 0 Å². The van der Waals surface area contributed by atoms with E-state index < -0.39 is 15.9 Å². The Morgan fingerprint density at radius 3 is 2.41 bits per heavy atom. The Bertz CT molecular complexity index is 990. The van der Waals surface area contributed by atoms with E-state index in [1.54, 1.807) is 18.2 Å². The number of benzene rings is 2. The molecule has 0 saturated heterocycles. The molecule has 0 aliphatic rings. The molecule has 27 heavy (non-hydrogen) atoms. The van der Waals surface area contributed by atoms with Crippen LogP contribution in [0.3, 0.4) is 0 Å². The normalized spacial score (nSPS) is 12.1. The van der Waals surface area contributed by atoms with E-state index in [0.717, 1.165) is 8.78 Å². The lowest BCUT2D eigenvalue weighted by molar-refractivity contribution is 0.0954. The summed E-state index contributed by atoms with van der Waals surface area (Å²) in [5.41, 5.74) is 3.35. The molecule has 2 aromatic rings. The van der Waals surface area contributed by atoms with Gasteiger partial charge in [-0.3, -0.25) is 4.79 Å². The van der Waals surface area contributed by atoms with Crippen molar-refractivity contribution in [2.75, 3.05) is 20.6 Å². The largest absolute Gasteiger partial charge is 0.271 e. The number of hydrogen-bond acceptors (Lipinski definition) is 6. The number of nitroso groups, excluding NO2 is 1. The van der Waals surface area contributed by atoms with Crippen molar-refractivity contribution in [1.82, 2.24) is 9.73 Å². The highest BCUT2D eigenvalue weighted by Gasteiger charge is 2.18. The first-order chi connectivity index (χ1) is 12.8. The maximum absolute atomic E-state index is 12.4. The van der Waals surface area contributed by atoms with Gasteiger partial charge in [-0.05, 0) is 30.3 Å². The summed E-state index contributed by atoms with van der Waals surface area (Å²) in [5.74, 6) is -0.607. The number of sulfonamides is 1. The number of carbonyl (C=O) groups excluding carboxylic acids is 1. The van der Waals surface area contributed by atoms with Crippen LogP contribution < -0.4 is 5.43 Å². The van der Waals surface area contributed by atoms with Gasteiger partial charge in [-0.1, -0.05) is 39.3 Å². The lowest BCUT2D eigenvalue weighted by Crippen LogP contribution is -2.24. The second-order valence-electron chi connectivity index (χ2n) is 5.61. The summed E-state index contributed by atoms with van der Waals surface area (Å²) in [4.78, 5) is 23.0. The maximum atomic E-state index is 12.4. The average molecular weight is 453 g/mol. The van der Waals surface area contributed by atoms with Gasteiger partial charge in [0.05, 0.1) is 10.6 Å². The standard InChI is InChI=1S/C17H17BrN4O4S/c1-22(2)27(25,26)15-8-4-6-13(10-15)17(23)21-20-16(11-19-24)12-5-3-7-14(18)9-12/h3-10H,11H2,1-2H3,(H,21,23). The Hall–Kier alpha value is -2.43. The van der Waals surface area contributed by atoms with Gasteiger partial charge in [-0.15, -0.1) is 0 Å². The third-order valence-corrected chi connectivity index (χ3v) is 5.84. The Morgan fingerprint density at radius 2 is 1.78 bits per heavy atom. The van der Waals surface area contributed by atoms with Gasteiger partial charge >= 0.3 is 0 Å². The van der Waals surface area contributed by atoms with E-state index in [4.69, 9.17) is 0 Å². The summed E-state index contributed by atoms with van der Waals surface area (Å²) in [6.07, 6.45) is 0. The second-order valence-corrected chi connectivity index (χ2v) is 8.68. The number of hydrazone groups is 1. The molecule has 1 N–H and O–H groups in total. The number of nitrogens with zero attached hydrogens (tertiary/aromatic N) is 3. The average Bonchev–Trinajstić information content (AvgIpc) is 2.64. The van der Waals surface area contributed by atoms with E-state index in [-0.39, 0.29) is 22.7 Å². The van der Waals surface area contributed by atoms with Crippen LogP contribution in [0.15, 0.2) is 68.2 Å². The highest BCUT2D eigenvalue weighted by atomic mass is 79.9. The fourth-order valence-corrected chi connectivity index (χ4v) is 3.46. The highest BCUT2D eigenvalue weighted by Crippen LogP contribution is 2.15. The summed E-state index contributed by atoms with van der Waals surface area (Å²) in [5, 5.41) is 6.80. The van der Waals surface area contributed by atoms with Gasteiger partial charge in [-0.2, -0.15) is 10.0 Å². The van der Waals surface area contributed by atoms with Crippen LogP contribution in [0.4, 0.5) is 0 Å². The minimum atomic E-state index is -3.66. The molecule has 2 rings (SSSR count). The fraction of sp³-hybridized carbons (Fsp3) is 0.176. The first kappa shape index (κ1) is 20.9. The highest BCUT2D eigenvalue weighted by molar-refractivity contribution is 9.10. The molecule has 0 fully saturated rings. The first-order valence-electron chi connectivity index (χ1n) is 7.70. The smallest absolute Gasteiger partial charge is 0.267 e. The zero-order chi connectivity index (χ0) is 20.0. The van der Waals surface area contributed by atoms with E-state index in [0.29, 0.717) is 5.56 Å². The SMILES string of the molecule is CN(C)S(=O)(=O)c1cccc(C(=O)NN=C(CN=O)c2cccc(Br)c2)c1. The first-order valence-corrected chi connectivity index (χ1v) is 9.93. The van der Waals surface area contributed by atoms with Crippen LogP contribution in [0.5, 0.6) is 0 Å². The molecule has 0 heterocycles. The minimum absolute atomic E-state index is 0.00842. The van der Waals surface area contributed by atoms with Gasteiger partial charge in [-0.25, -0.2) is 18.1 Å². The Labute approximate surface area is 165 Å². The molecule has 0 radical (unpaired) electrons. The summed E-state index contributed by atoms with van der Waals surface area (Å²) >= 11 is 3.32. The summed E-state index contributed by atoms with van der Waals surface area (Å²) in [7, 11) is -0.853. The molecule has 1 amide bonds. The Balaban J connectivity index is 2.28. The summed E-state index contributed by atoms with van der Waals surface area (Å²) in [6.45, 7) is -0.230. The van der Waals surface area contributed by atoms with Gasteiger partial charge < -0.3 is 0 Å². The topological polar surface area (TPSA) is 108 Å². The van der Waals surface area contributed by atoms with Crippen LogP contribution >= 0.6 is 15.9 Å². The van der Waals surface area contributed by atoms with Crippen molar-refractivity contribution >= 4 is 37.6 Å². The quantitative estimate of drug-likeness (QED) is 0.395. The van der Waals surface area contributed by atoms with Crippen LogP contribution in [-0.2, 0) is 10.0 Å². The van der Waals surface area contributed by atoms with Crippen LogP contribution in [-0.4, -0.2) is 45.0 Å². The maximum Gasteiger partial charge on any atom is 0.271 e. The van der Waals surface area contributed by atoms with Crippen LogP contribution in [0, 0.1) is 4.91 Å². The van der Waals surface area contributed by atoms with Crippen molar-refractivity contribution in [2.24, 2.45) is 10.3 Å². The number of halogens is 1. The van der Waals surface area contributed by atoms with Crippen molar-refractivity contribution in [3.8, 4) is 0 Å². The van der Waals surface area contributed by atoms with Gasteiger partial charge in [0, 0.05) is 29.7 Å². The molecular formula is C17H17BrN4O4S. The molecule has 10 heteroatoms. The lowest BCUT2D eigenvalue weighted by Gasteiger charge is -2.12. The molecule has 0 atom stereocenters. The molecule has 8 nitrogen and oxygen atoms in total. The number of nitrogens with one attached hydrogen (secondary N) is 1. The van der Waals surface area contributed by atoms with E-state index in [2.05, 4.69) is 31.6 Å². The molecule has 0 saturated carbocycles. The van der Waals surface area contributed by atoms with Crippen molar-refractivity contribution in [1.29, 1.82) is 0 Å². The van der Waals surface area contributed by atoms with Crippen molar-refractivity contribution < 1.29 is 13.2 Å². The fourth-order valence-electron chi connectivity index (χ4n) is 2.11. The predicted octanol–water partition coefficient (Wildman–Crippen LogP) is 2.60. The molecular weight excluding hydrogens is 436 g/mol. The molecule has 0 aliphatic heterocycles.